The largest absolute Gasteiger partial charge is 0.311 e. The highest BCUT2D eigenvalue weighted by Gasteiger charge is 2.18. The van der Waals surface area contributed by atoms with Crippen LogP contribution in [-0.4, -0.2) is 4.57 Å². The van der Waals surface area contributed by atoms with Crippen LogP contribution in [0, 0.1) is 0 Å². The minimum absolute atomic E-state index is 1.09. The van der Waals surface area contributed by atoms with Gasteiger partial charge in [0.2, 0.25) is 0 Å². The summed E-state index contributed by atoms with van der Waals surface area (Å²) in [4.78, 5) is 4.88. The normalized spacial score (nSPS) is 11.1. The van der Waals surface area contributed by atoms with Gasteiger partial charge in [-0.05, 0) is 141 Å². The molecule has 2 heterocycles. The Morgan fingerprint density at radius 3 is 1.06 bits per heavy atom. The number of fused-ring (bicyclic) bond motifs is 3. The van der Waals surface area contributed by atoms with Gasteiger partial charge >= 0.3 is 0 Å². The fraction of sp³-hybridized carbons (Fsp3) is 0.0448. The third-order valence-corrected chi connectivity index (χ3v) is 14.0. The zero-order valence-corrected chi connectivity index (χ0v) is 40.2. The number of hydrogen-bond donors (Lipinski definition) is 0. The molecule has 0 spiro atoms. The molecule has 0 radical (unpaired) electrons. The van der Waals surface area contributed by atoms with Gasteiger partial charge in [-0.25, -0.2) is 0 Å². The zero-order valence-electron chi connectivity index (χ0n) is 39.4. The van der Waals surface area contributed by atoms with E-state index in [2.05, 4.69) is 290 Å². The van der Waals surface area contributed by atoms with Gasteiger partial charge in [0.15, 0.2) is 0 Å². The monoisotopic (exact) mass is 916 g/mol. The molecule has 12 aromatic rings. The molecule has 2 aromatic heterocycles. The van der Waals surface area contributed by atoms with Crippen LogP contribution >= 0.6 is 11.3 Å². The Morgan fingerprint density at radius 1 is 0.300 bits per heavy atom. The molecular formula is C67H52N2S. The maximum absolute atomic E-state index is 2.44. The second-order valence-electron chi connectivity index (χ2n) is 17.7. The Balaban J connectivity index is 0.00000174. The Bertz CT molecular complexity index is 3570. The van der Waals surface area contributed by atoms with E-state index in [9.17, 15) is 0 Å². The number of aromatic nitrogens is 1. The van der Waals surface area contributed by atoms with Crippen LogP contribution in [0.3, 0.4) is 0 Å². The summed E-state index contributed by atoms with van der Waals surface area (Å²) in [5, 5.41) is 2.45. The van der Waals surface area contributed by atoms with Crippen LogP contribution in [0.15, 0.2) is 267 Å². The molecule has 336 valence electrons. The predicted octanol–water partition coefficient (Wildman–Crippen LogP) is 19.7. The second-order valence-corrected chi connectivity index (χ2v) is 18.7. The van der Waals surface area contributed by atoms with Crippen molar-refractivity contribution in [1.82, 2.24) is 4.57 Å². The molecule has 0 saturated heterocycles. The standard InChI is InChI=1S/C64H44N2S.C3H8/c1-5-14-45(15-6-1)48-24-32-55(33-25-48)65(56-34-26-49(27-35-56)46-16-7-2-8-17-46)57-36-28-50(29-37-57)53-31-39-62-60(44-53)59-43-52(47-18-9-3-10-19-47)30-38-61(59)66(62)58-23-13-22-54(42-58)64-41-40-63(67-64)51-20-11-4-12-21-51;1-3-2/h1-44H;3H2,1-2H3. The number of anilines is 3. The van der Waals surface area contributed by atoms with E-state index in [-0.39, 0.29) is 0 Å². The van der Waals surface area contributed by atoms with Crippen molar-refractivity contribution in [3.8, 4) is 71.1 Å². The minimum atomic E-state index is 1.09. The third-order valence-electron chi connectivity index (χ3n) is 12.8. The van der Waals surface area contributed by atoms with Crippen LogP contribution in [0.2, 0.25) is 0 Å². The molecule has 0 bridgehead atoms. The fourth-order valence-electron chi connectivity index (χ4n) is 9.46. The summed E-state index contributed by atoms with van der Waals surface area (Å²) in [6.07, 6.45) is 1.25. The lowest BCUT2D eigenvalue weighted by Gasteiger charge is -2.26. The minimum Gasteiger partial charge on any atom is -0.311 e. The zero-order chi connectivity index (χ0) is 47.2. The van der Waals surface area contributed by atoms with E-state index in [1.54, 1.807) is 0 Å². The Hall–Kier alpha value is -8.50. The molecule has 0 fully saturated rings. The maximum Gasteiger partial charge on any atom is 0.0541 e. The average molecular weight is 917 g/mol. The quantitative estimate of drug-likeness (QED) is 0.133. The van der Waals surface area contributed by atoms with Crippen molar-refractivity contribution in [1.29, 1.82) is 0 Å². The van der Waals surface area contributed by atoms with Gasteiger partial charge in [0.1, 0.15) is 0 Å². The molecule has 3 heteroatoms. The van der Waals surface area contributed by atoms with Crippen molar-refractivity contribution in [3.63, 3.8) is 0 Å². The highest BCUT2D eigenvalue weighted by Crippen LogP contribution is 2.42. The summed E-state index contributed by atoms with van der Waals surface area (Å²) >= 11 is 1.84. The lowest BCUT2D eigenvalue weighted by molar-refractivity contribution is 1.09. The fourth-order valence-corrected chi connectivity index (χ4v) is 10.5. The molecular weight excluding hydrogens is 865 g/mol. The first-order valence-corrected chi connectivity index (χ1v) is 25.0. The van der Waals surface area contributed by atoms with Crippen LogP contribution < -0.4 is 4.90 Å². The first-order valence-electron chi connectivity index (χ1n) is 24.2. The van der Waals surface area contributed by atoms with Crippen molar-refractivity contribution in [2.24, 2.45) is 0 Å². The SMILES string of the molecule is CCC.c1ccc(-c2ccc(N(c3ccc(-c4ccccc4)cc3)c3ccc(-c4ccc5c(c4)c4cc(-c6ccccc6)ccc4n5-c4cccc(-c5ccc(-c6ccccc6)s5)c4)cc3)cc2)cc1. The number of rotatable bonds is 10. The molecule has 0 N–H and O–H groups in total. The molecule has 2 nitrogen and oxygen atoms in total. The summed E-state index contributed by atoms with van der Waals surface area (Å²) in [5.74, 6) is 0. The van der Waals surface area contributed by atoms with Crippen molar-refractivity contribution in [2.45, 2.75) is 20.3 Å². The van der Waals surface area contributed by atoms with Crippen molar-refractivity contribution in [3.05, 3.63) is 267 Å². The van der Waals surface area contributed by atoms with E-state index < -0.39 is 0 Å². The summed E-state index contributed by atoms with van der Waals surface area (Å²) in [7, 11) is 0. The molecule has 0 aliphatic rings. The Labute approximate surface area is 415 Å². The van der Waals surface area contributed by atoms with Crippen LogP contribution in [0.4, 0.5) is 17.1 Å². The van der Waals surface area contributed by atoms with Gasteiger partial charge in [-0.2, -0.15) is 0 Å². The molecule has 0 saturated carbocycles. The third kappa shape index (κ3) is 8.99. The number of thiophene rings is 1. The predicted molar refractivity (Wildman–Crippen MR) is 302 cm³/mol. The molecule has 0 aliphatic heterocycles. The highest BCUT2D eigenvalue weighted by atomic mass is 32.1. The van der Waals surface area contributed by atoms with Crippen molar-refractivity contribution >= 4 is 50.2 Å². The first-order chi connectivity index (χ1) is 34.6. The van der Waals surface area contributed by atoms with E-state index in [0.717, 1.165) is 22.7 Å². The van der Waals surface area contributed by atoms with Gasteiger partial charge in [-0.1, -0.05) is 202 Å². The molecule has 0 amide bonds. The molecule has 0 unspecified atom stereocenters. The smallest absolute Gasteiger partial charge is 0.0541 e. The van der Waals surface area contributed by atoms with E-state index >= 15 is 0 Å². The topological polar surface area (TPSA) is 8.17 Å². The summed E-state index contributed by atoms with van der Waals surface area (Å²) in [6.45, 7) is 4.25. The van der Waals surface area contributed by atoms with Gasteiger partial charge in [0.25, 0.3) is 0 Å². The molecule has 10 aromatic carbocycles. The van der Waals surface area contributed by atoms with Gasteiger partial charge in [-0.3, -0.25) is 0 Å². The molecule has 70 heavy (non-hydrogen) atoms. The molecule has 0 aliphatic carbocycles. The number of benzene rings is 10. The molecule has 0 atom stereocenters. The van der Waals surface area contributed by atoms with Gasteiger partial charge in [0, 0.05) is 43.3 Å². The lowest BCUT2D eigenvalue weighted by atomic mass is 10.00. The summed E-state index contributed by atoms with van der Waals surface area (Å²) in [6, 6.07) is 96.7. The van der Waals surface area contributed by atoms with Crippen LogP contribution in [0.1, 0.15) is 20.3 Å². The van der Waals surface area contributed by atoms with Crippen LogP contribution in [-0.2, 0) is 0 Å². The van der Waals surface area contributed by atoms with Crippen molar-refractivity contribution < 1.29 is 0 Å². The van der Waals surface area contributed by atoms with Crippen LogP contribution in [0.5, 0.6) is 0 Å². The molecule has 12 rings (SSSR count). The average Bonchev–Trinajstić information content (AvgIpc) is 4.07. The van der Waals surface area contributed by atoms with E-state index in [4.69, 9.17) is 0 Å². The number of hydrogen-bond acceptors (Lipinski definition) is 2. The maximum atomic E-state index is 2.44. The second kappa shape index (κ2) is 20.0. The van der Waals surface area contributed by atoms with E-state index in [1.807, 2.05) is 11.3 Å². The summed E-state index contributed by atoms with van der Waals surface area (Å²) in [5.41, 5.74) is 18.8. The first kappa shape index (κ1) is 44.0. The highest BCUT2D eigenvalue weighted by molar-refractivity contribution is 7.18. The van der Waals surface area contributed by atoms with Gasteiger partial charge in [0.05, 0.1) is 11.0 Å². The van der Waals surface area contributed by atoms with E-state index in [0.29, 0.717) is 0 Å². The van der Waals surface area contributed by atoms with Crippen molar-refractivity contribution in [2.75, 3.05) is 4.90 Å². The summed E-state index contributed by atoms with van der Waals surface area (Å²) < 4.78 is 2.44. The lowest BCUT2D eigenvalue weighted by Crippen LogP contribution is -2.09. The van der Waals surface area contributed by atoms with Gasteiger partial charge < -0.3 is 9.47 Å². The number of nitrogens with zero attached hydrogens (tertiary/aromatic N) is 2. The van der Waals surface area contributed by atoms with Gasteiger partial charge in [-0.15, -0.1) is 11.3 Å². The van der Waals surface area contributed by atoms with E-state index in [1.165, 1.54) is 93.6 Å². The van der Waals surface area contributed by atoms with Crippen LogP contribution in [0.25, 0.3) is 92.9 Å². The Kier molecular flexibility index (Phi) is 12.6. The Morgan fingerprint density at radius 2 is 0.629 bits per heavy atom.